The number of anilines is 1. The second kappa shape index (κ2) is 11.0. The van der Waals surface area contributed by atoms with Gasteiger partial charge in [-0.1, -0.05) is 66.7 Å². The Hall–Kier alpha value is -4.32. The van der Waals surface area contributed by atoms with Crippen LogP contribution in [0.2, 0.25) is 0 Å². The van der Waals surface area contributed by atoms with Crippen molar-refractivity contribution in [1.29, 1.82) is 0 Å². The van der Waals surface area contributed by atoms with E-state index in [9.17, 15) is 9.59 Å². The summed E-state index contributed by atoms with van der Waals surface area (Å²) in [5, 5.41) is 7.57. The molecule has 0 aliphatic carbocycles. The lowest BCUT2D eigenvalue weighted by atomic mass is 10.1. The zero-order valence-corrected chi connectivity index (χ0v) is 18.9. The molecule has 172 valence electrons. The van der Waals surface area contributed by atoms with Crippen molar-refractivity contribution in [2.45, 2.75) is 13.5 Å². The maximum Gasteiger partial charge on any atom is 0.262 e. The molecule has 0 unspecified atom stereocenters. The van der Waals surface area contributed by atoms with Crippen LogP contribution in [-0.2, 0) is 11.3 Å². The molecule has 4 aromatic carbocycles. The molecule has 34 heavy (non-hydrogen) atoms. The number of hydrogen-bond donors (Lipinski definition) is 2. The molecule has 0 saturated heterocycles. The van der Waals surface area contributed by atoms with Gasteiger partial charge in [-0.05, 0) is 47.5 Å². The van der Waals surface area contributed by atoms with Crippen molar-refractivity contribution in [2.24, 2.45) is 0 Å². The Morgan fingerprint density at radius 1 is 0.765 bits per heavy atom. The summed E-state index contributed by atoms with van der Waals surface area (Å²) in [5.74, 6) is 0.310. The van der Waals surface area contributed by atoms with Gasteiger partial charge in [0.25, 0.3) is 11.8 Å². The monoisotopic (exact) mass is 454 g/mol. The number of carbonyl (C=O) groups excluding carboxylic acids is 2. The summed E-state index contributed by atoms with van der Waals surface area (Å²) in [7, 11) is 0. The highest BCUT2D eigenvalue weighted by molar-refractivity contribution is 6.02. The first-order valence-electron chi connectivity index (χ1n) is 11.1. The first-order valence-corrected chi connectivity index (χ1v) is 11.1. The first-order chi connectivity index (χ1) is 16.6. The Morgan fingerprint density at radius 2 is 1.44 bits per heavy atom. The van der Waals surface area contributed by atoms with Gasteiger partial charge in [-0.25, -0.2) is 0 Å². The number of ether oxygens (including phenoxy) is 2. The summed E-state index contributed by atoms with van der Waals surface area (Å²) in [4.78, 5) is 25.6. The normalized spacial score (nSPS) is 10.5. The maximum atomic E-state index is 13.0. The molecule has 0 aliphatic heterocycles. The average Bonchev–Trinajstić information content (AvgIpc) is 2.87. The predicted octanol–water partition coefficient (Wildman–Crippen LogP) is 5.19. The average molecular weight is 455 g/mol. The fraction of sp³-hybridized carbons (Fsp3) is 0.143. The highest BCUT2D eigenvalue weighted by Gasteiger charge is 2.16. The van der Waals surface area contributed by atoms with E-state index in [0.717, 1.165) is 16.3 Å². The lowest BCUT2D eigenvalue weighted by Gasteiger charge is -2.14. The molecule has 4 rings (SSSR count). The number of fused-ring (bicyclic) bond motifs is 1. The van der Waals surface area contributed by atoms with Crippen molar-refractivity contribution >= 4 is 28.3 Å². The number of amides is 2. The van der Waals surface area contributed by atoms with Gasteiger partial charge in [-0.2, -0.15) is 0 Å². The van der Waals surface area contributed by atoms with E-state index in [0.29, 0.717) is 35.9 Å². The largest absolute Gasteiger partial charge is 0.492 e. The molecule has 0 saturated carbocycles. The van der Waals surface area contributed by atoms with Crippen molar-refractivity contribution in [3.8, 4) is 11.5 Å². The Balaban J connectivity index is 1.50. The van der Waals surface area contributed by atoms with E-state index in [4.69, 9.17) is 9.47 Å². The van der Waals surface area contributed by atoms with Crippen LogP contribution in [0, 0.1) is 0 Å². The van der Waals surface area contributed by atoms with Crippen LogP contribution in [0.5, 0.6) is 11.5 Å². The van der Waals surface area contributed by atoms with Gasteiger partial charge < -0.3 is 20.1 Å². The van der Waals surface area contributed by atoms with Crippen molar-refractivity contribution < 1.29 is 19.1 Å². The number of hydrogen-bond acceptors (Lipinski definition) is 4. The summed E-state index contributed by atoms with van der Waals surface area (Å²) in [6, 6.07) is 28.2. The van der Waals surface area contributed by atoms with Crippen LogP contribution in [0.3, 0.4) is 0 Å². The van der Waals surface area contributed by atoms with Crippen LogP contribution in [0.4, 0.5) is 5.69 Å². The molecule has 0 spiro atoms. The predicted molar refractivity (Wildman–Crippen MR) is 133 cm³/mol. The molecule has 0 bridgehead atoms. The zero-order chi connectivity index (χ0) is 23.8. The van der Waals surface area contributed by atoms with Gasteiger partial charge in [0.1, 0.15) is 11.5 Å². The molecule has 0 aliphatic rings. The lowest BCUT2D eigenvalue weighted by Crippen LogP contribution is -2.25. The van der Waals surface area contributed by atoms with E-state index in [1.807, 2.05) is 73.7 Å². The van der Waals surface area contributed by atoms with Gasteiger partial charge in [0.2, 0.25) is 0 Å². The molecule has 0 fully saturated rings. The van der Waals surface area contributed by atoms with E-state index in [2.05, 4.69) is 10.6 Å². The summed E-state index contributed by atoms with van der Waals surface area (Å²) in [5.41, 5.74) is 1.93. The summed E-state index contributed by atoms with van der Waals surface area (Å²) >= 11 is 0. The highest BCUT2D eigenvalue weighted by atomic mass is 16.5. The van der Waals surface area contributed by atoms with Crippen molar-refractivity contribution in [3.63, 3.8) is 0 Å². The second-order valence-corrected chi connectivity index (χ2v) is 7.63. The molecule has 0 radical (unpaired) electrons. The SMILES string of the molecule is CCOc1ccccc1NC(=O)COc1cc2ccccc2cc1C(=O)NCc1ccccc1. The molecular weight excluding hydrogens is 428 g/mol. The van der Waals surface area contributed by atoms with Crippen LogP contribution < -0.4 is 20.1 Å². The topological polar surface area (TPSA) is 76.7 Å². The van der Waals surface area contributed by atoms with Crippen LogP contribution >= 0.6 is 0 Å². The molecule has 0 heterocycles. The Morgan fingerprint density at radius 3 is 2.21 bits per heavy atom. The molecule has 2 amide bonds. The van der Waals surface area contributed by atoms with Gasteiger partial charge in [0.05, 0.1) is 17.9 Å². The first kappa shape index (κ1) is 22.9. The number of rotatable bonds is 9. The molecule has 4 aromatic rings. The van der Waals surface area contributed by atoms with Crippen LogP contribution in [0.1, 0.15) is 22.8 Å². The number of nitrogens with one attached hydrogen (secondary N) is 2. The van der Waals surface area contributed by atoms with Gasteiger partial charge in [-0.15, -0.1) is 0 Å². The van der Waals surface area contributed by atoms with E-state index in [-0.39, 0.29) is 18.4 Å². The second-order valence-electron chi connectivity index (χ2n) is 7.63. The highest BCUT2D eigenvalue weighted by Crippen LogP contribution is 2.27. The standard InChI is InChI=1S/C28H26N2O4/c1-2-33-25-15-9-8-14-24(25)30-27(31)19-34-26-17-22-13-7-6-12-21(22)16-23(26)28(32)29-18-20-10-4-3-5-11-20/h3-17H,2,18-19H2,1H3,(H,29,32)(H,30,31). The van der Waals surface area contributed by atoms with Gasteiger partial charge in [0, 0.05) is 6.54 Å². The fourth-order valence-corrected chi connectivity index (χ4v) is 3.57. The summed E-state index contributed by atoms with van der Waals surface area (Å²) < 4.78 is 11.4. The summed E-state index contributed by atoms with van der Waals surface area (Å²) in [6.45, 7) is 2.51. The van der Waals surface area contributed by atoms with Crippen LogP contribution in [0.25, 0.3) is 10.8 Å². The minimum absolute atomic E-state index is 0.252. The van der Waals surface area contributed by atoms with E-state index in [1.54, 1.807) is 24.3 Å². The smallest absolute Gasteiger partial charge is 0.262 e. The van der Waals surface area contributed by atoms with Gasteiger partial charge >= 0.3 is 0 Å². The number of carbonyl (C=O) groups is 2. The Kier molecular flexibility index (Phi) is 7.40. The lowest BCUT2D eigenvalue weighted by molar-refractivity contribution is -0.118. The third kappa shape index (κ3) is 5.72. The fourth-order valence-electron chi connectivity index (χ4n) is 3.57. The van der Waals surface area contributed by atoms with Crippen molar-refractivity contribution in [3.05, 3.63) is 102 Å². The number of benzene rings is 4. The quantitative estimate of drug-likeness (QED) is 0.365. The maximum absolute atomic E-state index is 13.0. The van der Waals surface area contributed by atoms with Crippen molar-refractivity contribution in [2.75, 3.05) is 18.5 Å². The number of para-hydroxylation sites is 2. The third-order valence-electron chi connectivity index (χ3n) is 5.21. The molecule has 0 aromatic heterocycles. The minimum atomic E-state index is -0.351. The molecule has 6 heteroatoms. The summed E-state index contributed by atoms with van der Waals surface area (Å²) in [6.07, 6.45) is 0. The minimum Gasteiger partial charge on any atom is -0.492 e. The zero-order valence-electron chi connectivity index (χ0n) is 18.9. The van der Waals surface area contributed by atoms with E-state index in [1.165, 1.54) is 0 Å². The third-order valence-corrected chi connectivity index (χ3v) is 5.21. The Bertz CT molecular complexity index is 1290. The van der Waals surface area contributed by atoms with Gasteiger partial charge in [-0.3, -0.25) is 9.59 Å². The molecule has 0 atom stereocenters. The van der Waals surface area contributed by atoms with Crippen LogP contribution in [0.15, 0.2) is 91.0 Å². The van der Waals surface area contributed by atoms with Crippen molar-refractivity contribution in [1.82, 2.24) is 5.32 Å². The Labute approximate surface area is 198 Å². The van der Waals surface area contributed by atoms with Gasteiger partial charge in [0.15, 0.2) is 6.61 Å². The molecule has 2 N–H and O–H groups in total. The van der Waals surface area contributed by atoms with E-state index >= 15 is 0 Å². The van der Waals surface area contributed by atoms with E-state index < -0.39 is 0 Å². The molecular formula is C28H26N2O4. The molecule has 6 nitrogen and oxygen atoms in total. The van der Waals surface area contributed by atoms with Crippen LogP contribution in [-0.4, -0.2) is 25.0 Å².